The summed E-state index contributed by atoms with van der Waals surface area (Å²) >= 11 is 6.00. The van der Waals surface area contributed by atoms with Gasteiger partial charge in [-0.15, -0.1) is 0 Å². The van der Waals surface area contributed by atoms with Gasteiger partial charge in [0.05, 0.1) is 26.1 Å². The quantitative estimate of drug-likeness (QED) is 0.517. The minimum absolute atomic E-state index is 0.0491. The molecule has 0 saturated heterocycles. The summed E-state index contributed by atoms with van der Waals surface area (Å²) in [6, 6.07) is 7.42. The number of hydrogen-bond acceptors (Lipinski definition) is 4. The lowest BCUT2D eigenvalue weighted by Gasteiger charge is -2.06. The molecule has 1 rings (SSSR count). The molecule has 0 atom stereocenters. The van der Waals surface area contributed by atoms with Crippen LogP contribution in [0.2, 0.25) is 5.02 Å². The first kappa shape index (κ1) is 17.5. The Labute approximate surface area is 130 Å². The molecule has 1 aromatic rings. The number of carbonyl (C=O) groups is 2. The molecule has 0 amide bonds. The molecular formula is C16H21ClO4. The zero-order valence-corrected chi connectivity index (χ0v) is 13.0. The molecule has 0 aliphatic heterocycles. The summed E-state index contributed by atoms with van der Waals surface area (Å²) in [4.78, 5) is 22.8. The molecule has 0 bridgehead atoms. The molecule has 0 saturated carbocycles. The number of benzene rings is 1. The number of hydrogen-bond donors (Lipinski definition) is 0. The Kier molecular flexibility index (Phi) is 8.51. The molecule has 0 N–H and O–H groups in total. The van der Waals surface area contributed by atoms with E-state index >= 15 is 0 Å². The molecule has 0 unspecified atom stereocenters. The average Bonchev–Trinajstić information content (AvgIpc) is 2.47. The highest BCUT2D eigenvalue weighted by molar-refractivity contribution is 6.31. The van der Waals surface area contributed by atoms with Crippen LogP contribution in [0.15, 0.2) is 24.3 Å². The lowest BCUT2D eigenvalue weighted by molar-refractivity contribution is -0.150. The minimum atomic E-state index is -0.394. The van der Waals surface area contributed by atoms with Gasteiger partial charge in [0.1, 0.15) is 0 Å². The van der Waals surface area contributed by atoms with Gasteiger partial charge in [-0.2, -0.15) is 0 Å². The van der Waals surface area contributed by atoms with Gasteiger partial charge < -0.3 is 9.47 Å². The summed E-state index contributed by atoms with van der Waals surface area (Å²) in [5.74, 6) is -0.749. The number of carbonyl (C=O) groups excluding carboxylic acids is 2. The number of halogens is 1. The van der Waals surface area contributed by atoms with Crippen molar-refractivity contribution in [1.82, 2.24) is 0 Å². The maximum absolute atomic E-state index is 11.5. The lowest BCUT2D eigenvalue weighted by Crippen LogP contribution is -2.12. The van der Waals surface area contributed by atoms with Gasteiger partial charge in [-0.25, -0.2) is 0 Å². The zero-order chi connectivity index (χ0) is 15.5. The van der Waals surface area contributed by atoms with Crippen molar-refractivity contribution in [1.29, 1.82) is 0 Å². The van der Waals surface area contributed by atoms with Crippen LogP contribution in [-0.4, -0.2) is 25.2 Å². The first-order valence-corrected chi connectivity index (χ1v) is 7.56. The van der Waals surface area contributed by atoms with Crippen LogP contribution in [0.4, 0.5) is 0 Å². The van der Waals surface area contributed by atoms with Crippen molar-refractivity contribution in [3.05, 3.63) is 34.9 Å². The Bertz CT molecular complexity index is 459. The Morgan fingerprint density at radius 2 is 1.67 bits per heavy atom. The van der Waals surface area contributed by atoms with Crippen LogP contribution in [0.1, 0.15) is 38.2 Å². The van der Waals surface area contributed by atoms with Gasteiger partial charge in [0.15, 0.2) is 0 Å². The van der Waals surface area contributed by atoms with Crippen molar-refractivity contribution in [2.45, 2.75) is 39.0 Å². The predicted octanol–water partition coefficient (Wildman–Crippen LogP) is 3.55. The van der Waals surface area contributed by atoms with Gasteiger partial charge in [0, 0.05) is 11.4 Å². The molecule has 5 heteroatoms. The summed E-state index contributed by atoms with van der Waals surface area (Å²) in [7, 11) is 0. The second-order valence-electron chi connectivity index (χ2n) is 4.64. The monoisotopic (exact) mass is 312 g/mol. The predicted molar refractivity (Wildman–Crippen MR) is 81.2 cm³/mol. The molecule has 0 aliphatic carbocycles. The highest BCUT2D eigenvalue weighted by atomic mass is 35.5. The average molecular weight is 313 g/mol. The van der Waals surface area contributed by atoms with Gasteiger partial charge in [-0.3, -0.25) is 9.59 Å². The summed E-state index contributed by atoms with van der Waals surface area (Å²) in [5, 5.41) is 0.660. The standard InChI is InChI=1S/C16H21ClO4/c1-2-3-11-20-15(18)8-9-16(19)21-12-10-13-6-4-5-7-14(13)17/h4-7H,2-3,8-12H2,1H3. The van der Waals surface area contributed by atoms with Gasteiger partial charge >= 0.3 is 11.9 Å². The van der Waals surface area contributed by atoms with Crippen molar-refractivity contribution in [3.8, 4) is 0 Å². The second kappa shape index (κ2) is 10.2. The molecule has 0 aromatic heterocycles. The zero-order valence-electron chi connectivity index (χ0n) is 12.3. The van der Waals surface area contributed by atoms with Crippen LogP contribution in [0.5, 0.6) is 0 Å². The SMILES string of the molecule is CCCCOC(=O)CCC(=O)OCCc1ccccc1Cl. The molecule has 1 aromatic carbocycles. The minimum Gasteiger partial charge on any atom is -0.466 e. The third kappa shape index (κ3) is 7.71. The topological polar surface area (TPSA) is 52.6 Å². The smallest absolute Gasteiger partial charge is 0.306 e. The first-order valence-electron chi connectivity index (χ1n) is 7.18. The third-order valence-electron chi connectivity index (χ3n) is 2.89. The van der Waals surface area contributed by atoms with Gasteiger partial charge in [-0.05, 0) is 18.1 Å². The van der Waals surface area contributed by atoms with E-state index in [1.807, 2.05) is 25.1 Å². The fraction of sp³-hybridized carbons (Fsp3) is 0.500. The van der Waals surface area contributed by atoms with Crippen molar-refractivity contribution < 1.29 is 19.1 Å². The number of ether oxygens (including phenoxy) is 2. The molecule has 0 aliphatic rings. The number of rotatable bonds is 9. The van der Waals surface area contributed by atoms with E-state index in [0.717, 1.165) is 18.4 Å². The molecule has 0 spiro atoms. The number of esters is 2. The van der Waals surface area contributed by atoms with Crippen molar-refractivity contribution >= 4 is 23.5 Å². The van der Waals surface area contributed by atoms with Gasteiger partial charge in [-0.1, -0.05) is 43.1 Å². The molecule has 116 valence electrons. The molecule has 21 heavy (non-hydrogen) atoms. The van der Waals surface area contributed by atoms with E-state index in [4.69, 9.17) is 21.1 Å². The summed E-state index contributed by atoms with van der Waals surface area (Å²) in [6.07, 6.45) is 2.49. The Morgan fingerprint density at radius 1 is 1.05 bits per heavy atom. The second-order valence-corrected chi connectivity index (χ2v) is 5.04. The molecule has 4 nitrogen and oxygen atoms in total. The van der Waals surface area contributed by atoms with E-state index in [-0.39, 0.29) is 25.4 Å². The fourth-order valence-corrected chi connectivity index (χ4v) is 1.88. The summed E-state index contributed by atoms with van der Waals surface area (Å²) in [5.41, 5.74) is 0.936. The summed E-state index contributed by atoms with van der Waals surface area (Å²) < 4.78 is 10.0. The van der Waals surface area contributed by atoms with E-state index in [9.17, 15) is 9.59 Å². The van der Waals surface area contributed by atoms with Crippen LogP contribution < -0.4 is 0 Å². The Morgan fingerprint density at radius 3 is 2.29 bits per heavy atom. The maximum Gasteiger partial charge on any atom is 0.306 e. The van der Waals surface area contributed by atoms with E-state index in [0.29, 0.717) is 18.1 Å². The van der Waals surface area contributed by atoms with Crippen molar-refractivity contribution in [2.75, 3.05) is 13.2 Å². The normalized spacial score (nSPS) is 10.2. The molecule has 0 fully saturated rings. The molecule has 0 radical (unpaired) electrons. The van der Waals surface area contributed by atoms with Crippen LogP contribution in [0.3, 0.4) is 0 Å². The fourth-order valence-electron chi connectivity index (χ4n) is 1.65. The van der Waals surface area contributed by atoms with E-state index in [2.05, 4.69) is 0 Å². The van der Waals surface area contributed by atoms with Gasteiger partial charge in [0.25, 0.3) is 0 Å². The highest BCUT2D eigenvalue weighted by Crippen LogP contribution is 2.15. The highest BCUT2D eigenvalue weighted by Gasteiger charge is 2.09. The Balaban J connectivity index is 2.14. The maximum atomic E-state index is 11.5. The van der Waals surface area contributed by atoms with E-state index < -0.39 is 5.97 Å². The van der Waals surface area contributed by atoms with E-state index in [1.54, 1.807) is 6.07 Å². The summed E-state index contributed by atoms with van der Waals surface area (Å²) in [6.45, 7) is 2.69. The first-order chi connectivity index (χ1) is 10.1. The molecular weight excluding hydrogens is 292 g/mol. The van der Waals surface area contributed by atoms with Crippen molar-refractivity contribution in [3.63, 3.8) is 0 Å². The van der Waals surface area contributed by atoms with E-state index in [1.165, 1.54) is 0 Å². The van der Waals surface area contributed by atoms with Crippen LogP contribution >= 0.6 is 11.6 Å². The third-order valence-corrected chi connectivity index (χ3v) is 3.26. The molecule has 0 heterocycles. The van der Waals surface area contributed by atoms with Gasteiger partial charge in [0.2, 0.25) is 0 Å². The van der Waals surface area contributed by atoms with Crippen molar-refractivity contribution in [2.24, 2.45) is 0 Å². The van der Waals surface area contributed by atoms with Crippen LogP contribution in [-0.2, 0) is 25.5 Å². The largest absolute Gasteiger partial charge is 0.466 e. The lowest BCUT2D eigenvalue weighted by atomic mass is 10.2. The number of unbranched alkanes of at least 4 members (excludes halogenated alkanes) is 1. The van der Waals surface area contributed by atoms with Crippen LogP contribution in [0.25, 0.3) is 0 Å². The van der Waals surface area contributed by atoms with Crippen LogP contribution in [0, 0.1) is 0 Å². The Hall–Kier alpha value is -1.55.